The van der Waals surface area contributed by atoms with Crippen LogP contribution >= 0.6 is 38.8 Å². The van der Waals surface area contributed by atoms with Crippen molar-refractivity contribution in [2.75, 3.05) is 26.9 Å². The van der Waals surface area contributed by atoms with Crippen LogP contribution in [0.4, 0.5) is 0 Å². The van der Waals surface area contributed by atoms with Gasteiger partial charge >= 0.3 is 15.6 Å². The Kier molecular flexibility index (Phi) is 15.2. The van der Waals surface area contributed by atoms with Gasteiger partial charge in [0, 0.05) is 7.11 Å². The van der Waals surface area contributed by atoms with Crippen LogP contribution in [0.3, 0.4) is 0 Å². The number of para-hydroxylation sites is 2. The molecule has 12 heteroatoms. The molecule has 0 saturated carbocycles. The molecule has 0 saturated heterocycles. The van der Waals surface area contributed by atoms with Gasteiger partial charge < -0.3 is 9.05 Å². The third-order valence-corrected chi connectivity index (χ3v) is 7.23. The second-order valence-electron chi connectivity index (χ2n) is 6.36. The normalized spacial score (nSPS) is 13.9. The van der Waals surface area contributed by atoms with Gasteiger partial charge in [0.05, 0.1) is 29.9 Å². The molecule has 0 N–H and O–H groups in total. The summed E-state index contributed by atoms with van der Waals surface area (Å²) in [4.78, 5) is 0. The molecule has 0 spiro atoms. The molecule has 0 amide bonds. The summed E-state index contributed by atoms with van der Waals surface area (Å²) in [5.74, 6) is 0.535. The molecule has 0 aromatic heterocycles. The molecule has 0 bridgehead atoms. The first-order chi connectivity index (χ1) is 16.7. The average molecular weight is 567 g/mol. The number of hydrogen-bond donors (Lipinski definition) is 0. The Labute approximate surface area is 217 Å². The fourth-order valence-corrected chi connectivity index (χ4v) is 4.78. The maximum absolute atomic E-state index is 12.3. The van der Waals surface area contributed by atoms with E-state index in [-0.39, 0.29) is 31.3 Å². The van der Waals surface area contributed by atoms with Crippen molar-refractivity contribution in [2.24, 2.45) is 0 Å². The number of phosphoric acid groups is 2. The summed E-state index contributed by atoms with van der Waals surface area (Å²) >= 11 is 11.8. The van der Waals surface area contributed by atoms with E-state index in [0.717, 1.165) is 0 Å². The van der Waals surface area contributed by atoms with Gasteiger partial charge in [0.15, 0.2) is 0 Å². The van der Waals surface area contributed by atoms with Crippen LogP contribution in [-0.4, -0.2) is 26.9 Å². The SMILES string of the molecule is C=CCCOP(=O)(OC)Oc1ccccc1Cl.C=CCCOP(=O)(OCC)Oc1ccccc1Cl. The van der Waals surface area contributed by atoms with Crippen molar-refractivity contribution >= 4 is 38.8 Å². The van der Waals surface area contributed by atoms with Crippen LogP contribution in [0.5, 0.6) is 11.5 Å². The van der Waals surface area contributed by atoms with Crippen molar-refractivity contribution in [3.05, 3.63) is 83.9 Å². The second-order valence-corrected chi connectivity index (χ2v) is 10.5. The quantitative estimate of drug-likeness (QED) is 0.120. The van der Waals surface area contributed by atoms with Gasteiger partial charge in [0.25, 0.3) is 0 Å². The monoisotopic (exact) mass is 566 g/mol. The highest BCUT2D eigenvalue weighted by Gasteiger charge is 2.29. The Morgan fingerprint density at radius 2 is 1.20 bits per heavy atom. The van der Waals surface area contributed by atoms with Crippen molar-refractivity contribution in [3.63, 3.8) is 0 Å². The maximum atomic E-state index is 12.3. The van der Waals surface area contributed by atoms with Gasteiger partial charge in [0.2, 0.25) is 0 Å². The minimum Gasteiger partial charge on any atom is -0.402 e. The van der Waals surface area contributed by atoms with Crippen LogP contribution < -0.4 is 9.05 Å². The van der Waals surface area contributed by atoms with Crippen molar-refractivity contribution in [1.29, 1.82) is 0 Å². The highest BCUT2D eigenvalue weighted by molar-refractivity contribution is 7.49. The summed E-state index contributed by atoms with van der Waals surface area (Å²) in [6.45, 7) is 9.43. The number of rotatable bonds is 15. The van der Waals surface area contributed by atoms with E-state index < -0.39 is 15.6 Å². The van der Waals surface area contributed by atoms with Crippen LogP contribution in [-0.2, 0) is 27.2 Å². The molecular weight excluding hydrogens is 537 g/mol. The lowest BCUT2D eigenvalue weighted by molar-refractivity contribution is 0.163. The van der Waals surface area contributed by atoms with Crippen molar-refractivity contribution < 1.29 is 36.3 Å². The summed E-state index contributed by atoms with van der Waals surface area (Å²) in [6, 6.07) is 13.4. The Hall–Kier alpha value is -1.60. The highest BCUT2D eigenvalue weighted by atomic mass is 35.5. The van der Waals surface area contributed by atoms with Gasteiger partial charge in [-0.05, 0) is 44.0 Å². The minimum absolute atomic E-state index is 0.207. The lowest BCUT2D eigenvalue weighted by Crippen LogP contribution is -2.03. The lowest BCUT2D eigenvalue weighted by Gasteiger charge is -2.18. The Morgan fingerprint density at radius 3 is 1.60 bits per heavy atom. The molecular formula is C23H30Cl2O8P2. The van der Waals surface area contributed by atoms with Crippen LogP contribution in [0.1, 0.15) is 19.8 Å². The molecule has 2 atom stereocenters. The standard InChI is InChI=1S/C12H16ClO4P.C11H14ClO4P/c1-3-5-10-16-18(14,15-4-2)17-12-9-7-6-8-11(12)13;1-3-4-9-15-17(13,14-2)16-11-8-6-5-7-10(11)12/h3,6-9H,1,4-5,10H2,2H3;3,5-8H,1,4,9H2,2H3. The van der Waals surface area contributed by atoms with Gasteiger partial charge in [-0.2, -0.15) is 0 Å². The predicted octanol–water partition coefficient (Wildman–Crippen LogP) is 8.52. The zero-order valence-electron chi connectivity index (χ0n) is 19.6. The molecule has 0 aliphatic heterocycles. The smallest absolute Gasteiger partial charge is 0.402 e. The third-order valence-electron chi connectivity index (χ3n) is 3.75. The first kappa shape index (κ1) is 31.4. The third kappa shape index (κ3) is 12.3. The lowest BCUT2D eigenvalue weighted by atomic mass is 10.3. The fraction of sp³-hybridized carbons (Fsp3) is 0.304. The van der Waals surface area contributed by atoms with Crippen LogP contribution in [0.15, 0.2) is 73.8 Å². The van der Waals surface area contributed by atoms with Crippen LogP contribution in [0.2, 0.25) is 10.0 Å². The van der Waals surface area contributed by atoms with Gasteiger partial charge in [-0.1, -0.05) is 59.6 Å². The molecule has 2 aromatic carbocycles. The Bertz CT molecular complexity index is 1020. The largest absolute Gasteiger partial charge is 0.530 e. The van der Waals surface area contributed by atoms with Gasteiger partial charge in [0.1, 0.15) is 11.5 Å². The van der Waals surface area contributed by atoms with E-state index in [1.807, 2.05) is 0 Å². The first-order valence-corrected chi connectivity index (χ1v) is 14.2. The second kappa shape index (κ2) is 17.0. The van der Waals surface area contributed by atoms with E-state index in [2.05, 4.69) is 13.2 Å². The summed E-state index contributed by atoms with van der Waals surface area (Å²) in [6.07, 6.45) is 4.42. The van der Waals surface area contributed by atoms with E-state index in [4.69, 9.17) is 50.3 Å². The van der Waals surface area contributed by atoms with E-state index in [9.17, 15) is 9.13 Å². The van der Waals surface area contributed by atoms with Crippen molar-refractivity contribution in [2.45, 2.75) is 19.8 Å². The van der Waals surface area contributed by atoms with E-state index in [1.54, 1.807) is 67.6 Å². The molecule has 0 aliphatic rings. The number of hydrogen-bond acceptors (Lipinski definition) is 8. The minimum atomic E-state index is -3.63. The van der Waals surface area contributed by atoms with Crippen LogP contribution in [0, 0.1) is 0 Å². The van der Waals surface area contributed by atoms with E-state index in [0.29, 0.717) is 22.9 Å². The topological polar surface area (TPSA) is 89.5 Å². The zero-order valence-corrected chi connectivity index (χ0v) is 22.9. The van der Waals surface area contributed by atoms with Crippen molar-refractivity contribution in [3.8, 4) is 11.5 Å². The summed E-state index contributed by atoms with van der Waals surface area (Å²) in [5, 5.41) is 0.696. The summed E-state index contributed by atoms with van der Waals surface area (Å²) in [5.41, 5.74) is 0. The Balaban J connectivity index is 0.000000351. The number of phosphoric ester groups is 2. The molecule has 8 nitrogen and oxygen atoms in total. The number of halogens is 2. The molecule has 0 heterocycles. The van der Waals surface area contributed by atoms with E-state index >= 15 is 0 Å². The van der Waals surface area contributed by atoms with E-state index in [1.165, 1.54) is 7.11 Å². The fourth-order valence-electron chi connectivity index (χ4n) is 2.14. The van der Waals surface area contributed by atoms with Gasteiger partial charge in [-0.15, -0.1) is 13.2 Å². The molecule has 0 aliphatic carbocycles. The van der Waals surface area contributed by atoms with Crippen LogP contribution in [0.25, 0.3) is 0 Å². The summed E-state index contributed by atoms with van der Waals surface area (Å²) in [7, 11) is -5.99. The molecule has 2 aromatic rings. The highest BCUT2D eigenvalue weighted by Crippen LogP contribution is 2.51. The predicted molar refractivity (Wildman–Crippen MR) is 140 cm³/mol. The molecule has 0 radical (unpaired) electrons. The molecule has 194 valence electrons. The average Bonchev–Trinajstić information content (AvgIpc) is 2.83. The first-order valence-electron chi connectivity index (χ1n) is 10.5. The number of benzene rings is 2. The molecule has 35 heavy (non-hydrogen) atoms. The molecule has 2 rings (SSSR count). The van der Waals surface area contributed by atoms with Gasteiger partial charge in [-0.3, -0.25) is 18.1 Å². The maximum Gasteiger partial charge on any atom is 0.530 e. The zero-order chi connectivity index (χ0) is 26.2. The van der Waals surface area contributed by atoms with Gasteiger partial charge in [-0.25, -0.2) is 9.13 Å². The van der Waals surface area contributed by atoms with Crippen molar-refractivity contribution in [1.82, 2.24) is 0 Å². The summed E-state index contributed by atoms with van der Waals surface area (Å²) < 4.78 is 54.7. The molecule has 0 fully saturated rings. The Morgan fingerprint density at radius 1 is 0.771 bits per heavy atom. The molecule has 2 unspecified atom stereocenters.